The van der Waals surface area contributed by atoms with E-state index in [4.69, 9.17) is 21.5 Å². The minimum absolute atomic E-state index is 0.537. The van der Waals surface area contributed by atoms with Crippen molar-refractivity contribution in [2.24, 2.45) is 0 Å². The molecule has 0 aliphatic carbocycles. The van der Waals surface area contributed by atoms with E-state index in [0.29, 0.717) is 23.3 Å². The zero-order valence-corrected chi connectivity index (χ0v) is 27.8. The van der Waals surface area contributed by atoms with Crippen LogP contribution in [0.3, 0.4) is 0 Å². The fourth-order valence-electron chi connectivity index (χ4n) is 7.38. The highest BCUT2D eigenvalue weighted by Crippen LogP contribution is 2.35. The van der Waals surface area contributed by atoms with Crippen LogP contribution < -0.4 is 0 Å². The molecule has 10 rings (SSSR count). The quantitative estimate of drug-likeness (QED) is 0.172. The van der Waals surface area contributed by atoms with E-state index in [1.165, 1.54) is 21.8 Å². The van der Waals surface area contributed by atoms with Gasteiger partial charge in [0.2, 0.25) is 5.95 Å². The standard InChI is InChI=1S/C46H28N6/c1-47-34-27-25-32(26-28-34)45-48-44(49-46(50-45)52-42-19-8-4-15-38(42)39-16-5-9-20-43(39)52)31-23-21-30(22-24-31)33-11-10-12-35(29-33)51-40-17-6-2-13-36(40)37-14-3-7-18-41(37)51/h2-29H. The van der Waals surface area contributed by atoms with Gasteiger partial charge >= 0.3 is 0 Å². The monoisotopic (exact) mass is 664 g/mol. The smallest absolute Gasteiger partial charge is 0.238 e. The SMILES string of the molecule is [C-]#[N+]c1ccc(-c2nc(-c3ccc(-c4cccc(-n5c6ccccc6c6ccccc65)c4)cc3)nc(-n3c4ccccc4c4ccccc43)n2)cc1. The van der Waals surface area contributed by atoms with Crippen LogP contribution in [0.25, 0.3) is 94.0 Å². The lowest BCUT2D eigenvalue weighted by atomic mass is 10.0. The highest BCUT2D eigenvalue weighted by atomic mass is 15.2. The van der Waals surface area contributed by atoms with Gasteiger partial charge in [0, 0.05) is 38.4 Å². The highest BCUT2D eigenvalue weighted by Gasteiger charge is 2.18. The molecule has 0 aliphatic rings. The summed E-state index contributed by atoms with van der Waals surface area (Å²) in [6.07, 6.45) is 0. The summed E-state index contributed by atoms with van der Waals surface area (Å²) in [6, 6.07) is 58.4. The molecule has 3 aromatic heterocycles. The van der Waals surface area contributed by atoms with Gasteiger partial charge in [0.05, 0.1) is 28.6 Å². The highest BCUT2D eigenvalue weighted by molar-refractivity contribution is 6.10. The van der Waals surface area contributed by atoms with Crippen molar-refractivity contribution in [1.29, 1.82) is 0 Å². The Labute approximate surface area is 299 Å². The predicted molar refractivity (Wildman–Crippen MR) is 211 cm³/mol. The molecule has 0 atom stereocenters. The molecule has 52 heavy (non-hydrogen) atoms. The number of fused-ring (bicyclic) bond motifs is 6. The summed E-state index contributed by atoms with van der Waals surface area (Å²) in [5, 5.41) is 4.75. The number of rotatable bonds is 5. The zero-order chi connectivity index (χ0) is 34.6. The number of nitrogens with zero attached hydrogens (tertiary/aromatic N) is 6. The lowest BCUT2D eigenvalue weighted by Crippen LogP contribution is -2.06. The minimum Gasteiger partial charge on any atom is -0.309 e. The van der Waals surface area contributed by atoms with Crippen LogP contribution in [0.5, 0.6) is 0 Å². The van der Waals surface area contributed by atoms with E-state index < -0.39 is 0 Å². The van der Waals surface area contributed by atoms with Crippen LogP contribution in [0.1, 0.15) is 0 Å². The Kier molecular flexibility index (Phi) is 6.76. The van der Waals surface area contributed by atoms with E-state index in [-0.39, 0.29) is 0 Å². The van der Waals surface area contributed by atoms with E-state index >= 15 is 0 Å². The van der Waals surface area contributed by atoms with Gasteiger partial charge in [-0.2, -0.15) is 9.97 Å². The van der Waals surface area contributed by atoms with E-state index in [1.807, 2.05) is 24.3 Å². The van der Waals surface area contributed by atoms with Crippen molar-refractivity contribution in [2.45, 2.75) is 0 Å². The zero-order valence-electron chi connectivity index (χ0n) is 27.8. The Morgan fingerprint density at radius 2 is 0.827 bits per heavy atom. The Hall–Kier alpha value is -7.36. The van der Waals surface area contributed by atoms with Crippen LogP contribution in [-0.2, 0) is 0 Å². The second kappa shape index (κ2) is 11.9. The van der Waals surface area contributed by atoms with Crippen molar-refractivity contribution in [1.82, 2.24) is 24.1 Å². The van der Waals surface area contributed by atoms with E-state index in [9.17, 15) is 0 Å². The first-order valence-corrected chi connectivity index (χ1v) is 17.2. The fraction of sp³-hybridized carbons (Fsp3) is 0. The number of para-hydroxylation sites is 4. The maximum Gasteiger partial charge on any atom is 0.238 e. The molecule has 3 heterocycles. The number of hydrogen-bond acceptors (Lipinski definition) is 3. The molecule has 0 spiro atoms. The van der Waals surface area contributed by atoms with Crippen molar-refractivity contribution in [3.05, 3.63) is 181 Å². The summed E-state index contributed by atoms with van der Waals surface area (Å²) in [5.41, 5.74) is 10.0. The number of hydrogen-bond donors (Lipinski definition) is 0. The topological polar surface area (TPSA) is 52.9 Å². The Balaban J connectivity index is 1.09. The van der Waals surface area contributed by atoms with Crippen molar-refractivity contribution in [3.63, 3.8) is 0 Å². The molecule has 0 N–H and O–H groups in total. The minimum atomic E-state index is 0.537. The van der Waals surface area contributed by atoms with Gasteiger partial charge < -0.3 is 4.57 Å². The molecule has 0 aliphatic heterocycles. The first kappa shape index (κ1) is 29.5. The molecule has 0 radical (unpaired) electrons. The third kappa shape index (κ3) is 4.76. The molecule has 10 aromatic rings. The van der Waals surface area contributed by atoms with E-state index in [0.717, 1.165) is 49.7 Å². The van der Waals surface area contributed by atoms with Gasteiger partial charge in [0.15, 0.2) is 17.3 Å². The Morgan fingerprint density at radius 3 is 1.33 bits per heavy atom. The van der Waals surface area contributed by atoms with Crippen LogP contribution >= 0.6 is 0 Å². The van der Waals surface area contributed by atoms with Gasteiger partial charge in [-0.05, 0) is 47.5 Å². The number of benzene rings is 7. The summed E-state index contributed by atoms with van der Waals surface area (Å²) in [6.45, 7) is 7.42. The van der Waals surface area contributed by atoms with Gasteiger partial charge in [-0.15, -0.1) is 0 Å². The summed E-state index contributed by atoms with van der Waals surface area (Å²) in [4.78, 5) is 18.7. The molecule has 6 nitrogen and oxygen atoms in total. The van der Waals surface area contributed by atoms with Gasteiger partial charge in [0.25, 0.3) is 0 Å². The van der Waals surface area contributed by atoms with Crippen LogP contribution in [0.4, 0.5) is 5.69 Å². The van der Waals surface area contributed by atoms with Crippen molar-refractivity contribution < 1.29 is 0 Å². The molecule has 0 amide bonds. The lowest BCUT2D eigenvalue weighted by molar-refractivity contribution is 0.953. The lowest BCUT2D eigenvalue weighted by Gasteiger charge is -2.12. The molecule has 0 unspecified atom stereocenters. The van der Waals surface area contributed by atoms with Gasteiger partial charge in [-0.1, -0.05) is 133 Å². The average molecular weight is 665 g/mol. The molecular weight excluding hydrogens is 637 g/mol. The predicted octanol–water partition coefficient (Wildman–Crippen LogP) is 11.6. The molecule has 7 aromatic carbocycles. The van der Waals surface area contributed by atoms with Crippen LogP contribution in [-0.4, -0.2) is 24.1 Å². The molecule has 0 saturated heterocycles. The Morgan fingerprint density at radius 1 is 0.385 bits per heavy atom. The maximum atomic E-state index is 7.42. The average Bonchev–Trinajstić information content (AvgIpc) is 3.74. The van der Waals surface area contributed by atoms with Gasteiger partial charge in [-0.25, -0.2) is 9.83 Å². The van der Waals surface area contributed by atoms with Gasteiger partial charge in [-0.3, -0.25) is 4.57 Å². The second-order valence-electron chi connectivity index (χ2n) is 12.8. The summed E-state index contributed by atoms with van der Waals surface area (Å²) >= 11 is 0. The molecule has 242 valence electrons. The third-order valence-electron chi connectivity index (χ3n) is 9.82. The Bertz CT molecular complexity index is 2910. The summed E-state index contributed by atoms with van der Waals surface area (Å²) < 4.78 is 4.46. The summed E-state index contributed by atoms with van der Waals surface area (Å²) in [7, 11) is 0. The van der Waals surface area contributed by atoms with Crippen molar-refractivity contribution >= 4 is 49.3 Å². The molecule has 0 saturated carbocycles. The fourth-order valence-corrected chi connectivity index (χ4v) is 7.38. The largest absolute Gasteiger partial charge is 0.309 e. The normalized spacial score (nSPS) is 11.4. The maximum absolute atomic E-state index is 7.42. The molecule has 6 heteroatoms. The second-order valence-corrected chi connectivity index (χ2v) is 12.8. The van der Waals surface area contributed by atoms with Crippen molar-refractivity contribution in [3.8, 4) is 45.5 Å². The number of aromatic nitrogens is 5. The van der Waals surface area contributed by atoms with Crippen LogP contribution in [0.15, 0.2) is 170 Å². The molecule has 0 fully saturated rings. The molecular formula is C46H28N6. The van der Waals surface area contributed by atoms with Crippen molar-refractivity contribution in [2.75, 3.05) is 0 Å². The first-order chi connectivity index (χ1) is 25.7. The van der Waals surface area contributed by atoms with Gasteiger partial charge in [0.1, 0.15) is 0 Å². The van der Waals surface area contributed by atoms with E-state index in [2.05, 4.69) is 147 Å². The van der Waals surface area contributed by atoms with E-state index in [1.54, 1.807) is 12.1 Å². The molecule has 0 bridgehead atoms. The first-order valence-electron chi connectivity index (χ1n) is 17.2. The third-order valence-corrected chi connectivity index (χ3v) is 9.82. The summed E-state index contributed by atoms with van der Waals surface area (Å²) in [5.74, 6) is 1.65. The van der Waals surface area contributed by atoms with Crippen LogP contribution in [0, 0.1) is 6.57 Å². The van der Waals surface area contributed by atoms with Crippen LogP contribution in [0.2, 0.25) is 0 Å².